The van der Waals surface area contributed by atoms with Gasteiger partial charge in [-0.25, -0.2) is 0 Å². The van der Waals surface area contributed by atoms with Crippen molar-refractivity contribution in [2.45, 2.75) is 38.3 Å². The van der Waals surface area contributed by atoms with E-state index in [2.05, 4.69) is 15.0 Å². The van der Waals surface area contributed by atoms with E-state index in [4.69, 9.17) is 5.10 Å². The topological polar surface area (TPSA) is 81.8 Å². The molecular formula is C21H23N5O2. The fourth-order valence-corrected chi connectivity index (χ4v) is 3.73. The summed E-state index contributed by atoms with van der Waals surface area (Å²) in [6, 6.07) is 9.56. The van der Waals surface area contributed by atoms with E-state index in [1.54, 1.807) is 31.7 Å². The first-order chi connectivity index (χ1) is 13.6. The van der Waals surface area contributed by atoms with E-state index in [1.165, 1.54) is 23.5 Å². The Morgan fingerprint density at radius 3 is 2.71 bits per heavy atom. The molecule has 3 aromatic rings. The van der Waals surface area contributed by atoms with Gasteiger partial charge in [0, 0.05) is 31.2 Å². The maximum atomic E-state index is 12.4. The lowest BCUT2D eigenvalue weighted by Crippen LogP contribution is -2.31. The highest BCUT2D eigenvalue weighted by Gasteiger charge is 2.22. The van der Waals surface area contributed by atoms with E-state index in [9.17, 15) is 9.59 Å². The first-order valence-corrected chi connectivity index (χ1v) is 9.56. The van der Waals surface area contributed by atoms with Crippen LogP contribution in [0.1, 0.15) is 47.8 Å². The van der Waals surface area contributed by atoms with Crippen LogP contribution in [0.15, 0.2) is 53.7 Å². The van der Waals surface area contributed by atoms with Crippen LogP contribution in [0, 0.1) is 0 Å². The number of nitrogens with one attached hydrogen (secondary N) is 1. The number of nitrogens with zero attached hydrogens (tertiary/aromatic N) is 4. The van der Waals surface area contributed by atoms with Gasteiger partial charge in [0.25, 0.3) is 11.5 Å². The molecule has 1 fully saturated rings. The van der Waals surface area contributed by atoms with E-state index < -0.39 is 0 Å². The smallest absolute Gasteiger partial charge is 0.263 e. The van der Waals surface area contributed by atoms with Crippen molar-refractivity contribution < 1.29 is 4.79 Å². The molecule has 3 heterocycles. The van der Waals surface area contributed by atoms with Gasteiger partial charge in [-0.05, 0) is 43.2 Å². The van der Waals surface area contributed by atoms with Gasteiger partial charge in [0.15, 0.2) is 0 Å². The van der Waals surface area contributed by atoms with E-state index in [-0.39, 0.29) is 23.6 Å². The minimum absolute atomic E-state index is 0.134. The number of aromatic nitrogens is 4. The Morgan fingerprint density at radius 2 is 1.96 bits per heavy atom. The number of carbonyl (C=O) groups is 1. The third-order valence-corrected chi connectivity index (χ3v) is 5.23. The molecule has 7 heteroatoms. The molecule has 3 aromatic heterocycles. The van der Waals surface area contributed by atoms with E-state index in [0.29, 0.717) is 6.04 Å². The molecule has 7 nitrogen and oxygen atoms in total. The van der Waals surface area contributed by atoms with Gasteiger partial charge in [-0.15, -0.1) is 0 Å². The van der Waals surface area contributed by atoms with E-state index in [0.717, 1.165) is 29.8 Å². The monoisotopic (exact) mass is 377 g/mol. The molecule has 1 amide bonds. The second-order valence-electron chi connectivity index (χ2n) is 7.16. The zero-order chi connectivity index (χ0) is 19.5. The van der Waals surface area contributed by atoms with Gasteiger partial charge in [0.1, 0.15) is 5.56 Å². The minimum Gasteiger partial charge on any atom is -0.346 e. The van der Waals surface area contributed by atoms with Crippen LogP contribution in [0.2, 0.25) is 0 Å². The molecule has 4 rings (SSSR count). The van der Waals surface area contributed by atoms with Gasteiger partial charge in [-0.1, -0.05) is 12.8 Å². The molecule has 144 valence electrons. The molecular weight excluding hydrogens is 354 g/mol. The Bertz CT molecular complexity index is 1030. The van der Waals surface area contributed by atoms with Crippen molar-refractivity contribution in [1.82, 2.24) is 24.6 Å². The molecule has 0 bridgehead atoms. The molecule has 28 heavy (non-hydrogen) atoms. The number of rotatable bonds is 5. The summed E-state index contributed by atoms with van der Waals surface area (Å²) in [4.78, 5) is 28.7. The van der Waals surface area contributed by atoms with Crippen molar-refractivity contribution in [3.8, 4) is 11.3 Å². The third-order valence-electron chi connectivity index (χ3n) is 5.23. The van der Waals surface area contributed by atoms with E-state index in [1.807, 2.05) is 18.2 Å². The number of amides is 1. The molecule has 0 saturated heterocycles. The second-order valence-corrected chi connectivity index (χ2v) is 7.16. The zero-order valence-electron chi connectivity index (χ0n) is 15.8. The van der Waals surface area contributed by atoms with Gasteiger partial charge >= 0.3 is 0 Å². The summed E-state index contributed by atoms with van der Waals surface area (Å²) >= 11 is 0. The molecule has 0 aromatic carbocycles. The highest BCUT2D eigenvalue weighted by molar-refractivity contribution is 5.93. The Morgan fingerprint density at radius 1 is 1.21 bits per heavy atom. The normalized spacial score (nSPS) is 14.3. The molecule has 1 saturated carbocycles. The standard InChI is InChI=1S/C21H23N5O2/c1-25-12-4-7-18(21(25)28)20(27)23-14-16-13-19(15-8-10-22-11-9-15)26(24-16)17-5-2-3-6-17/h4,7-13,17H,2-3,5-6,14H2,1H3,(H,23,27). The van der Waals surface area contributed by atoms with Crippen LogP contribution in [0.5, 0.6) is 0 Å². The Kier molecular flexibility index (Phi) is 5.06. The van der Waals surface area contributed by atoms with Crippen LogP contribution in [0.3, 0.4) is 0 Å². The Hall–Kier alpha value is -3.22. The van der Waals surface area contributed by atoms with Gasteiger partial charge in [-0.3, -0.25) is 19.3 Å². The van der Waals surface area contributed by atoms with Crippen molar-refractivity contribution in [2.24, 2.45) is 7.05 Å². The van der Waals surface area contributed by atoms with Gasteiger partial charge < -0.3 is 9.88 Å². The molecule has 1 aliphatic rings. The number of carbonyl (C=O) groups excluding carboxylic acids is 1. The summed E-state index contributed by atoms with van der Waals surface area (Å²) in [7, 11) is 1.63. The number of pyridine rings is 2. The molecule has 1 aliphatic carbocycles. The summed E-state index contributed by atoms with van der Waals surface area (Å²) in [5.41, 5.74) is 2.70. The first kappa shape index (κ1) is 18.2. The molecule has 0 aliphatic heterocycles. The second kappa shape index (κ2) is 7.80. The lowest BCUT2D eigenvalue weighted by Gasteiger charge is -2.14. The minimum atomic E-state index is -0.387. The molecule has 1 N–H and O–H groups in total. The van der Waals surface area contributed by atoms with Crippen LogP contribution >= 0.6 is 0 Å². The van der Waals surface area contributed by atoms with E-state index >= 15 is 0 Å². The summed E-state index contributed by atoms with van der Waals surface area (Å²) in [5, 5.41) is 7.60. The van der Waals surface area contributed by atoms with Crippen LogP contribution in [0.4, 0.5) is 0 Å². The summed E-state index contributed by atoms with van der Waals surface area (Å²) in [5.74, 6) is -0.387. The van der Waals surface area contributed by atoms with Crippen molar-refractivity contribution in [3.05, 3.63) is 70.5 Å². The summed E-state index contributed by atoms with van der Waals surface area (Å²) in [6.45, 7) is 0.273. The van der Waals surface area contributed by atoms with Gasteiger partial charge in [0.2, 0.25) is 0 Å². The predicted octanol–water partition coefficient (Wildman–Crippen LogP) is 2.69. The zero-order valence-corrected chi connectivity index (χ0v) is 15.8. The lowest BCUT2D eigenvalue weighted by molar-refractivity contribution is 0.0948. The van der Waals surface area contributed by atoms with Crippen molar-refractivity contribution in [2.75, 3.05) is 0 Å². The van der Waals surface area contributed by atoms with Crippen LogP contribution in [-0.4, -0.2) is 25.2 Å². The van der Waals surface area contributed by atoms with Crippen LogP contribution in [0.25, 0.3) is 11.3 Å². The number of aryl methyl sites for hydroxylation is 1. The lowest BCUT2D eigenvalue weighted by atomic mass is 10.1. The van der Waals surface area contributed by atoms with Gasteiger partial charge in [0.05, 0.1) is 24.0 Å². The Balaban J connectivity index is 1.57. The van der Waals surface area contributed by atoms with Crippen molar-refractivity contribution in [1.29, 1.82) is 0 Å². The third kappa shape index (κ3) is 3.60. The quantitative estimate of drug-likeness (QED) is 0.741. The SMILES string of the molecule is Cn1cccc(C(=O)NCc2cc(-c3ccncc3)n(C3CCCC3)n2)c1=O. The maximum absolute atomic E-state index is 12.4. The Labute approximate surface area is 163 Å². The van der Waals surface area contributed by atoms with Crippen molar-refractivity contribution in [3.63, 3.8) is 0 Å². The summed E-state index contributed by atoms with van der Waals surface area (Å²) < 4.78 is 3.48. The highest BCUT2D eigenvalue weighted by Crippen LogP contribution is 2.33. The van der Waals surface area contributed by atoms with Gasteiger partial charge in [-0.2, -0.15) is 5.10 Å². The fourth-order valence-electron chi connectivity index (χ4n) is 3.73. The van der Waals surface area contributed by atoms with Crippen LogP contribution in [-0.2, 0) is 13.6 Å². The average molecular weight is 377 g/mol. The molecule has 0 atom stereocenters. The number of hydrogen-bond donors (Lipinski definition) is 1. The molecule has 0 spiro atoms. The maximum Gasteiger partial charge on any atom is 0.263 e. The first-order valence-electron chi connectivity index (χ1n) is 9.56. The molecule has 0 unspecified atom stereocenters. The predicted molar refractivity (Wildman–Crippen MR) is 106 cm³/mol. The van der Waals surface area contributed by atoms with Crippen molar-refractivity contribution >= 4 is 5.91 Å². The summed E-state index contributed by atoms with van der Waals surface area (Å²) in [6.07, 6.45) is 9.83. The largest absolute Gasteiger partial charge is 0.346 e. The number of hydrogen-bond acceptors (Lipinski definition) is 4. The molecule has 0 radical (unpaired) electrons. The van der Waals surface area contributed by atoms with Crippen LogP contribution < -0.4 is 10.9 Å². The highest BCUT2D eigenvalue weighted by atomic mass is 16.2. The average Bonchev–Trinajstić information content (AvgIpc) is 3.38. The fraction of sp³-hybridized carbons (Fsp3) is 0.333.